The van der Waals surface area contributed by atoms with Crippen LogP contribution in [0.1, 0.15) is 13.8 Å². The third-order valence-electron chi connectivity index (χ3n) is 0.720. The smallest absolute Gasteiger partial charge is 0.394 e. The fraction of sp³-hybridized carbons (Fsp3) is 0.833. The van der Waals surface area contributed by atoms with Crippen LogP contribution in [0.15, 0.2) is 0 Å². The molecule has 0 saturated carbocycles. The fourth-order valence-corrected chi connectivity index (χ4v) is 0.250. The molecule has 0 aromatic heterocycles. The van der Waals surface area contributed by atoms with Gasteiger partial charge < -0.3 is 15.8 Å². The molecular formula is C6H19N3O5S. The van der Waals surface area contributed by atoms with Gasteiger partial charge in [0.05, 0.1) is 7.11 Å². The molecule has 0 aliphatic carbocycles. The molecule has 0 aliphatic heterocycles. The summed E-state index contributed by atoms with van der Waals surface area (Å²) in [5.41, 5.74) is 4.65. The van der Waals surface area contributed by atoms with Crippen LogP contribution in [-0.2, 0) is 15.1 Å². The van der Waals surface area contributed by atoms with E-state index in [1.807, 2.05) is 0 Å². The Labute approximate surface area is 89.9 Å². The lowest BCUT2D eigenvalue weighted by atomic mass is 10.7. The Morgan fingerprint density at radius 1 is 1.40 bits per heavy atom. The minimum atomic E-state index is -4.67. The Hall–Kier alpha value is -0.900. The molecule has 0 aromatic rings. The van der Waals surface area contributed by atoms with Gasteiger partial charge in [-0.1, -0.05) is 13.8 Å². The Balaban J connectivity index is -0.000000144. The maximum Gasteiger partial charge on any atom is 0.394 e. The van der Waals surface area contributed by atoms with E-state index in [1.165, 1.54) is 7.11 Å². The summed E-state index contributed by atoms with van der Waals surface area (Å²) >= 11 is 0. The van der Waals surface area contributed by atoms with Crippen molar-refractivity contribution >= 4 is 16.4 Å². The highest BCUT2D eigenvalue weighted by Gasteiger charge is 1.84. The summed E-state index contributed by atoms with van der Waals surface area (Å²) in [6.45, 7) is 6.39. The van der Waals surface area contributed by atoms with Crippen LogP contribution in [-0.4, -0.2) is 43.7 Å². The van der Waals surface area contributed by atoms with Crippen molar-refractivity contribution in [1.29, 1.82) is 5.41 Å². The van der Waals surface area contributed by atoms with Crippen molar-refractivity contribution in [3.8, 4) is 0 Å². The van der Waals surface area contributed by atoms with Crippen molar-refractivity contribution in [2.24, 2.45) is 5.73 Å². The predicted molar refractivity (Wildman–Crippen MR) is 57.3 cm³/mol. The molecule has 6 N–H and O–H groups in total. The van der Waals surface area contributed by atoms with Crippen molar-refractivity contribution in [3.05, 3.63) is 0 Å². The summed E-state index contributed by atoms with van der Waals surface area (Å²) in [4.78, 5) is 0. The first-order valence-corrected chi connectivity index (χ1v) is 5.37. The highest BCUT2D eigenvalue weighted by Crippen LogP contribution is 1.59. The van der Waals surface area contributed by atoms with E-state index in [9.17, 15) is 0 Å². The molecule has 0 saturated heterocycles. The van der Waals surface area contributed by atoms with E-state index < -0.39 is 10.4 Å². The van der Waals surface area contributed by atoms with Crippen molar-refractivity contribution in [2.75, 3.05) is 20.2 Å². The first kappa shape index (κ1) is 19.6. The van der Waals surface area contributed by atoms with Gasteiger partial charge in [0.2, 0.25) is 0 Å². The topological polar surface area (TPSA) is 146 Å². The van der Waals surface area contributed by atoms with Crippen molar-refractivity contribution in [2.45, 2.75) is 13.8 Å². The third kappa shape index (κ3) is 168. The summed E-state index contributed by atoms with van der Waals surface area (Å²) in [6, 6.07) is -0.245. The van der Waals surface area contributed by atoms with Crippen LogP contribution in [0.25, 0.3) is 0 Å². The molecule has 9 heteroatoms. The first-order chi connectivity index (χ1) is 6.68. The number of amidine groups is 1. The molecule has 0 atom stereocenters. The first-order valence-electron chi connectivity index (χ1n) is 3.97. The molecule has 0 heterocycles. The molecule has 8 nitrogen and oxygen atoms in total. The van der Waals surface area contributed by atoms with Crippen molar-refractivity contribution in [3.63, 3.8) is 0 Å². The maximum absolute atomic E-state index is 8.74. The number of hydrogen-bond donors (Lipinski definition) is 5. The lowest BCUT2D eigenvalue weighted by Crippen LogP contribution is -2.10. The van der Waals surface area contributed by atoms with Crippen LogP contribution >= 0.6 is 0 Å². The van der Waals surface area contributed by atoms with Crippen LogP contribution in [0.4, 0.5) is 0 Å². The normalized spacial score (nSPS) is 8.87. The molecule has 0 rings (SSSR count). The Morgan fingerprint density at radius 3 is 1.60 bits per heavy atom. The van der Waals surface area contributed by atoms with Gasteiger partial charge in [-0.3, -0.25) is 14.5 Å². The molecular weight excluding hydrogens is 226 g/mol. The van der Waals surface area contributed by atoms with Crippen LogP contribution in [0.2, 0.25) is 0 Å². The van der Waals surface area contributed by atoms with Gasteiger partial charge in [0.15, 0.2) is 0 Å². The maximum atomic E-state index is 8.74. The zero-order chi connectivity index (χ0) is 12.9. The van der Waals surface area contributed by atoms with E-state index >= 15 is 0 Å². The van der Waals surface area contributed by atoms with Gasteiger partial charge in [-0.25, -0.2) is 0 Å². The third-order valence-corrected chi connectivity index (χ3v) is 0.720. The average molecular weight is 245 g/mol. The second-order valence-electron chi connectivity index (χ2n) is 1.97. The number of methoxy groups -OCH3 is 1. The molecule has 0 bridgehead atoms. The van der Waals surface area contributed by atoms with E-state index in [0.29, 0.717) is 0 Å². The van der Waals surface area contributed by atoms with Crippen LogP contribution in [0.3, 0.4) is 0 Å². The monoisotopic (exact) mass is 245 g/mol. The van der Waals surface area contributed by atoms with Crippen LogP contribution < -0.4 is 11.1 Å². The Bertz CT molecular complexity index is 219. The van der Waals surface area contributed by atoms with E-state index in [2.05, 4.69) is 29.6 Å². The quantitative estimate of drug-likeness (QED) is 0.250. The van der Waals surface area contributed by atoms with Crippen molar-refractivity contribution in [1.82, 2.24) is 5.32 Å². The van der Waals surface area contributed by atoms with Crippen LogP contribution in [0.5, 0.6) is 0 Å². The van der Waals surface area contributed by atoms with Gasteiger partial charge in [-0.15, -0.1) is 0 Å². The minimum Gasteiger partial charge on any atom is -0.469 e. The number of nitrogens with two attached hydrogens (primary N) is 1. The van der Waals surface area contributed by atoms with Gasteiger partial charge in [0.1, 0.15) is 0 Å². The summed E-state index contributed by atoms with van der Waals surface area (Å²) in [5, 5.41) is 9.41. The molecule has 0 radical (unpaired) electrons. The number of rotatable bonds is 2. The Kier molecular flexibility index (Phi) is 17.2. The van der Waals surface area contributed by atoms with E-state index in [-0.39, 0.29) is 6.02 Å². The standard InChI is InChI=1S/C4H11N.C2H6N2O.H2O4S/c1-3-5-4-2;1-5-2(3)4;1-5(2,3)4/h5H,3-4H2,1-2H3;1H3,(H3,3,4);(H2,1,2,3,4). The van der Waals surface area contributed by atoms with Crippen LogP contribution in [0, 0.1) is 5.41 Å². The van der Waals surface area contributed by atoms with Gasteiger partial charge in [0, 0.05) is 0 Å². The zero-order valence-corrected chi connectivity index (χ0v) is 9.84. The Morgan fingerprint density at radius 2 is 1.60 bits per heavy atom. The predicted octanol–water partition coefficient (Wildman–Crippen LogP) is -0.511. The summed E-state index contributed by atoms with van der Waals surface area (Å²) in [5.74, 6) is 0. The van der Waals surface area contributed by atoms with Gasteiger partial charge in [0.25, 0.3) is 6.02 Å². The molecule has 0 fully saturated rings. The highest BCUT2D eigenvalue weighted by atomic mass is 32.3. The van der Waals surface area contributed by atoms with E-state index in [0.717, 1.165) is 13.1 Å². The molecule has 15 heavy (non-hydrogen) atoms. The summed E-state index contributed by atoms with van der Waals surface area (Å²) in [7, 11) is -3.32. The summed E-state index contributed by atoms with van der Waals surface area (Å²) < 4.78 is 35.7. The molecule has 94 valence electrons. The lowest BCUT2D eigenvalue weighted by Gasteiger charge is -1.86. The average Bonchev–Trinajstić information content (AvgIpc) is 2.04. The zero-order valence-electron chi connectivity index (χ0n) is 9.02. The number of hydrogen-bond acceptors (Lipinski definition) is 5. The lowest BCUT2D eigenvalue weighted by molar-refractivity contribution is 0.381. The largest absolute Gasteiger partial charge is 0.469 e. The molecule has 0 aromatic carbocycles. The summed E-state index contributed by atoms with van der Waals surface area (Å²) in [6.07, 6.45) is 0. The molecule has 0 unspecified atom stereocenters. The molecule has 0 spiro atoms. The number of nitrogens with one attached hydrogen (secondary N) is 2. The second kappa shape index (κ2) is 13.1. The second-order valence-corrected chi connectivity index (χ2v) is 2.87. The van der Waals surface area contributed by atoms with Gasteiger partial charge >= 0.3 is 10.4 Å². The number of ether oxygens (including phenoxy) is 1. The van der Waals surface area contributed by atoms with E-state index in [1.54, 1.807) is 0 Å². The van der Waals surface area contributed by atoms with E-state index in [4.69, 9.17) is 22.9 Å². The SMILES string of the molecule is CCNCC.COC(=N)N.O=S(=O)(O)O. The van der Waals surface area contributed by atoms with Crippen molar-refractivity contribution < 1.29 is 22.3 Å². The fourth-order valence-electron chi connectivity index (χ4n) is 0.250. The van der Waals surface area contributed by atoms with Gasteiger partial charge in [-0.05, 0) is 13.1 Å². The molecule has 0 amide bonds. The minimum absolute atomic E-state index is 0.245. The highest BCUT2D eigenvalue weighted by molar-refractivity contribution is 7.79. The van der Waals surface area contributed by atoms with Gasteiger partial charge in [-0.2, -0.15) is 8.42 Å². The molecule has 0 aliphatic rings.